The summed E-state index contributed by atoms with van der Waals surface area (Å²) >= 11 is 0. The van der Waals surface area contributed by atoms with E-state index >= 15 is 0 Å². The molecule has 0 saturated carbocycles. The average Bonchev–Trinajstić information content (AvgIpc) is 2.36. The maximum atomic E-state index is 8.80. The number of hydrogen-bond acceptors (Lipinski definition) is 3. The smallest absolute Gasteiger partial charge is 0.108 e. The molecule has 1 heterocycles. The van der Waals surface area contributed by atoms with Crippen molar-refractivity contribution in [3.05, 3.63) is 72.9 Å². The largest absolute Gasteiger partial charge is 0.471 e. The molecule has 0 N–H and O–H groups in total. The Morgan fingerprint density at radius 2 is 1.65 bits per heavy atom. The van der Waals surface area contributed by atoms with E-state index in [1.807, 2.05) is 36.4 Å². The maximum Gasteiger partial charge on any atom is 0.108 e. The molecular weight excluding hydrogens is 212 g/mol. The fourth-order valence-corrected chi connectivity index (χ4v) is 0.919. The first kappa shape index (κ1) is 12.5. The van der Waals surface area contributed by atoms with Crippen molar-refractivity contribution in [3.8, 4) is 6.07 Å². The summed E-state index contributed by atoms with van der Waals surface area (Å²) in [6, 6.07) is 2.03. The van der Waals surface area contributed by atoms with Gasteiger partial charge in [-0.3, -0.25) is 4.99 Å². The van der Waals surface area contributed by atoms with Crippen LogP contribution in [0.2, 0.25) is 0 Å². The molecule has 0 fully saturated rings. The Balaban J connectivity index is 2.82. The lowest BCUT2D eigenvalue weighted by Gasteiger charge is -1.85. The van der Waals surface area contributed by atoms with Gasteiger partial charge in [0.05, 0.1) is 18.0 Å². The van der Waals surface area contributed by atoms with E-state index < -0.39 is 0 Å². The van der Waals surface area contributed by atoms with Crippen molar-refractivity contribution in [1.82, 2.24) is 0 Å². The summed E-state index contributed by atoms with van der Waals surface area (Å²) in [5.41, 5.74) is 0.472. The van der Waals surface area contributed by atoms with E-state index in [1.54, 1.807) is 18.2 Å². The molecule has 0 bridgehead atoms. The van der Waals surface area contributed by atoms with Crippen LogP contribution in [-0.2, 0) is 4.74 Å². The molecule has 0 saturated heterocycles. The minimum Gasteiger partial charge on any atom is -0.471 e. The third kappa shape index (κ3) is 6.47. The number of rotatable bonds is 0. The Morgan fingerprint density at radius 1 is 0.941 bits per heavy atom. The summed E-state index contributed by atoms with van der Waals surface area (Å²) in [6.07, 6.45) is 20.4. The van der Waals surface area contributed by atoms with Crippen LogP contribution in [0, 0.1) is 11.3 Å². The zero-order valence-corrected chi connectivity index (χ0v) is 9.23. The van der Waals surface area contributed by atoms with Gasteiger partial charge >= 0.3 is 0 Å². The molecular formula is C14H12N2O. The van der Waals surface area contributed by atoms with Gasteiger partial charge in [0.2, 0.25) is 0 Å². The summed E-state index contributed by atoms with van der Waals surface area (Å²) in [7, 11) is 0. The second-order valence-corrected chi connectivity index (χ2v) is 2.92. The molecule has 0 radical (unpaired) electrons. The quantitative estimate of drug-likeness (QED) is 0.634. The summed E-state index contributed by atoms with van der Waals surface area (Å²) in [5, 5.41) is 8.80. The van der Waals surface area contributed by atoms with E-state index in [0.29, 0.717) is 5.57 Å². The molecule has 0 amide bonds. The van der Waals surface area contributed by atoms with Crippen LogP contribution in [0.5, 0.6) is 0 Å². The molecule has 1 aliphatic heterocycles. The van der Waals surface area contributed by atoms with Gasteiger partial charge in [0, 0.05) is 6.21 Å². The lowest BCUT2D eigenvalue weighted by Crippen LogP contribution is -1.77. The SMILES string of the molecule is N#CC1=C/C=C\C=C/C=C\C=C/O\C=C/N=C\1. The molecule has 0 aliphatic carbocycles. The fourth-order valence-electron chi connectivity index (χ4n) is 0.919. The fraction of sp³-hybridized carbons (Fsp3) is 0. The molecule has 0 spiro atoms. The van der Waals surface area contributed by atoms with Crippen LogP contribution in [0.4, 0.5) is 0 Å². The third-order valence-electron chi connectivity index (χ3n) is 1.67. The van der Waals surface area contributed by atoms with E-state index in [9.17, 15) is 0 Å². The highest BCUT2D eigenvalue weighted by Crippen LogP contribution is 1.92. The van der Waals surface area contributed by atoms with Crippen LogP contribution < -0.4 is 0 Å². The van der Waals surface area contributed by atoms with Crippen molar-refractivity contribution in [2.24, 2.45) is 4.99 Å². The number of nitrogens with zero attached hydrogens (tertiary/aromatic N) is 2. The number of ether oxygens (including phenoxy) is 1. The van der Waals surface area contributed by atoms with Crippen LogP contribution >= 0.6 is 0 Å². The van der Waals surface area contributed by atoms with E-state index in [2.05, 4.69) is 4.99 Å². The maximum absolute atomic E-state index is 8.80. The number of allylic oxidation sites excluding steroid dienone is 9. The standard InChI is InChI=1S/C14H12N2O/c15-12-14-8-6-4-2-1-3-5-7-10-17-11-9-16-13-14/h1-11,13H/b2-1-,5-3-,6-4-,10-7-,11-9-,14-8-,16-13-. The Hall–Kier alpha value is -2.60. The van der Waals surface area contributed by atoms with Crippen molar-refractivity contribution in [3.63, 3.8) is 0 Å². The van der Waals surface area contributed by atoms with Gasteiger partial charge in [0.15, 0.2) is 0 Å². The van der Waals surface area contributed by atoms with Crippen LogP contribution in [0.25, 0.3) is 0 Å². The minimum absolute atomic E-state index is 0.472. The lowest BCUT2D eigenvalue weighted by atomic mass is 10.3. The normalized spacial score (nSPS) is 29.9. The third-order valence-corrected chi connectivity index (χ3v) is 1.67. The van der Waals surface area contributed by atoms with Gasteiger partial charge in [-0.25, -0.2) is 0 Å². The predicted octanol–water partition coefficient (Wildman–Crippen LogP) is 3.19. The van der Waals surface area contributed by atoms with Gasteiger partial charge in [-0.05, 0) is 12.2 Å². The molecule has 0 aromatic heterocycles. The van der Waals surface area contributed by atoms with Crippen molar-refractivity contribution in [1.29, 1.82) is 5.26 Å². The van der Waals surface area contributed by atoms with Gasteiger partial charge in [-0.2, -0.15) is 5.26 Å². The summed E-state index contributed by atoms with van der Waals surface area (Å²) in [5.74, 6) is 0. The van der Waals surface area contributed by atoms with Gasteiger partial charge in [-0.1, -0.05) is 36.5 Å². The molecule has 0 atom stereocenters. The highest BCUT2D eigenvalue weighted by Gasteiger charge is 1.84. The molecule has 17 heavy (non-hydrogen) atoms. The summed E-state index contributed by atoms with van der Waals surface area (Å²) in [6.45, 7) is 0. The van der Waals surface area contributed by atoms with Crippen molar-refractivity contribution < 1.29 is 4.74 Å². The van der Waals surface area contributed by atoms with Gasteiger partial charge in [0.1, 0.15) is 12.3 Å². The first-order valence-electron chi connectivity index (χ1n) is 5.04. The number of aliphatic imine (C=N–C) groups is 1. The molecule has 0 aromatic carbocycles. The van der Waals surface area contributed by atoms with Crippen molar-refractivity contribution in [2.75, 3.05) is 0 Å². The lowest BCUT2D eigenvalue weighted by molar-refractivity contribution is 0.402. The van der Waals surface area contributed by atoms with E-state index in [0.717, 1.165) is 0 Å². The Bertz CT molecular complexity index is 469. The Kier molecular flexibility index (Phi) is 6.37. The second kappa shape index (κ2) is 8.69. The molecule has 0 aromatic rings. The second-order valence-electron chi connectivity index (χ2n) is 2.92. The zero-order chi connectivity index (χ0) is 12.2. The highest BCUT2D eigenvalue weighted by molar-refractivity contribution is 5.84. The molecule has 3 heteroatoms. The minimum atomic E-state index is 0.472. The van der Waals surface area contributed by atoms with E-state index in [1.165, 1.54) is 24.9 Å². The molecule has 1 rings (SSSR count). The topological polar surface area (TPSA) is 45.4 Å². The first-order chi connectivity index (χ1) is 8.43. The molecule has 0 unspecified atom stereocenters. The summed E-state index contributed by atoms with van der Waals surface area (Å²) < 4.78 is 5.01. The number of nitriles is 1. The zero-order valence-electron chi connectivity index (χ0n) is 9.23. The average molecular weight is 224 g/mol. The highest BCUT2D eigenvalue weighted by atomic mass is 16.5. The summed E-state index contributed by atoms with van der Waals surface area (Å²) in [4.78, 5) is 3.91. The van der Waals surface area contributed by atoms with Gasteiger partial charge < -0.3 is 4.74 Å². The molecule has 3 nitrogen and oxygen atoms in total. The van der Waals surface area contributed by atoms with Crippen LogP contribution in [0.15, 0.2) is 77.9 Å². The van der Waals surface area contributed by atoms with Crippen LogP contribution in [0.1, 0.15) is 0 Å². The molecule has 1 aliphatic rings. The van der Waals surface area contributed by atoms with E-state index in [4.69, 9.17) is 10.00 Å². The monoisotopic (exact) mass is 224 g/mol. The van der Waals surface area contributed by atoms with Crippen LogP contribution in [-0.4, -0.2) is 6.21 Å². The van der Waals surface area contributed by atoms with Crippen LogP contribution in [0.3, 0.4) is 0 Å². The number of hydrogen-bond donors (Lipinski definition) is 0. The van der Waals surface area contributed by atoms with Crippen molar-refractivity contribution in [2.45, 2.75) is 0 Å². The van der Waals surface area contributed by atoms with Crippen molar-refractivity contribution >= 4 is 6.21 Å². The predicted molar refractivity (Wildman–Crippen MR) is 69.0 cm³/mol. The molecule has 84 valence electrons. The van der Waals surface area contributed by atoms with Gasteiger partial charge in [0.25, 0.3) is 0 Å². The Morgan fingerprint density at radius 3 is 2.41 bits per heavy atom. The van der Waals surface area contributed by atoms with E-state index in [-0.39, 0.29) is 0 Å². The Labute approximate surface area is 101 Å². The van der Waals surface area contributed by atoms with Gasteiger partial charge in [-0.15, -0.1) is 0 Å². The first-order valence-corrected chi connectivity index (χ1v) is 5.04.